The van der Waals surface area contributed by atoms with Gasteiger partial charge in [-0.3, -0.25) is 4.79 Å². The number of nitrogen functional groups attached to an aromatic ring is 1. The predicted octanol–water partition coefficient (Wildman–Crippen LogP) is 1.78. The van der Waals surface area contributed by atoms with Crippen LogP contribution in [0.25, 0.3) is 0 Å². The third kappa shape index (κ3) is 3.02. The first kappa shape index (κ1) is 12.5. The number of carbonyl (C=O) groups is 1. The van der Waals surface area contributed by atoms with Gasteiger partial charge in [0.25, 0.3) is 5.91 Å². The zero-order valence-electron chi connectivity index (χ0n) is 9.22. The van der Waals surface area contributed by atoms with E-state index in [1.165, 1.54) is 12.4 Å². The van der Waals surface area contributed by atoms with E-state index in [1.54, 1.807) is 12.1 Å². The molecule has 0 bridgehead atoms. The highest BCUT2D eigenvalue weighted by Crippen LogP contribution is 2.16. The number of hydrogen-bond donors (Lipinski definition) is 3. The molecule has 4 N–H and O–H groups in total. The van der Waals surface area contributed by atoms with E-state index in [-0.39, 0.29) is 11.6 Å². The molecule has 6 nitrogen and oxygen atoms in total. The average molecular weight is 308 g/mol. The number of halogens is 1. The van der Waals surface area contributed by atoms with Gasteiger partial charge in [-0.2, -0.15) is 0 Å². The van der Waals surface area contributed by atoms with Gasteiger partial charge in [-0.1, -0.05) is 22.0 Å². The zero-order valence-corrected chi connectivity index (χ0v) is 10.8. The van der Waals surface area contributed by atoms with Gasteiger partial charge >= 0.3 is 0 Å². The van der Waals surface area contributed by atoms with Gasteiger partial charge in [0.15, 0.2) is 5.82 Å². The third-order valence-electron chi connectivity index (χ3n) is 2.11. The quantitative estimate of drug-likeness (QED) is 0.593. The van der Waals surface area contributed by atoms with Crippen LogP contribution in [0.5, 0.6) is 0 Å². The lowest BCUT2D eigenvalue weighted by Crippen LogP contribution is -2.15. The molecule has 0 aliphatic heterocycles. The van der Waals surface area contributed by atoms with Crippen molar-refractivity contribution >= 4 is 33.3 Å². The van der Waals surface area contributed by atoms with Crippen molar-refractivity contribution in [3.8, 4) is 0 Å². The topological polar surface area (TPSA) is 92.9 Å². The molecule has 0 saturated carbocycles. The molecule has 0 unspecified atom stereocenters. The summed E-state index contributed by atoms with van der Waals surface area (Å²) in [5, 5.41) is 2.71. The van der Waals surface area contributed by atoms with Crippen LogP contribution in [0.1, 0.15) is 10.5 Å². The molecular formula is C11H10BrN5O. The van der Waals surface area contributed by atoms with E-state index in [1.807, 2.05) is 12.1 Å². The number of benzene rings is 1. The smallest absolute Gasteiger partial charge is 0.275 e. The predicted molar refractivity (Wildman–Crippen MR) is 71.9 cm³/mol. The normalized spacial score (nSPS) is 9.89. The average Bonchev–Trinajstić information content (AvgIpc) is 2.39. The molecule has 7 heteroatoms. The van der Waals surface area contributed by atoms with Crippen LogP contribution in [0.15, 0.2) is 41.1 Å². The summed E-state index contributed by atoms with van der Waals surface area (Å²) in [6.45, 7) is 0. The maximum absolute atomic E-state index is 11.8. The van der Waals surface area contributed by atoms with E-state index < -0.39 is 0 Å². The van der Waals surface area contributed by atoms with Crippen LogP contribution in [0.4, 0.5) is 11.5 Å². The number of nitrogens with two attached hydrogens (primary N) is 1. The molecule has 92 valence electrons. The van der Waals surface area contributed by atoms with Gasteiger partial charge in [-0.15, -0.1) is 0 Å². The lowest BCUT2D eigenvalue weighted by Gasteiger charge is -2.05. The monoisotopic (exact) mass is 307 g/mol. The van der Waals surface area contributed by atoms with Crippen molar-refractivity contribution in [2.45, 2.75) is 0 Å². The molecule has 1 aromatic carbocycles. The molecule has 2 rings (SSSR count). The lowest BCUT2D eigenvalue weighted by atomic mass is 10.3. The fourth-order valence-corrected chi connectivity index (χ4v) is 1.68. The molecule has 18 heavy (non-hydrogen) atoms. The number of nitrogens with zero attached hydrogens (tertiary/aromatic N) is 2. The van der Waals surface area contributed by atoms with Crippen molar-refractivity contribution in [1.82, 2.24) is 9.97 Å². The van der Waals surface area contributed by atoms with Gasteiger partial charge in [0.2, 0.25) is 0 Å². The van der Waals surface area contributed by atoms with E-state index in [0.717, 1.165) is 4.47 Å². The number of anilines is 2. The van der Waals surface area contributed by atoms with Crippen molar-refractivity contribution in [1.29, 1.82) is 0 Å². The van der Waals surface area contributed by atoms with E-state index in [9.17, 15) is 4.79 Å². The first-order valence-electron chi connectivity index (χ1n) is 5.04. The molecule has 0 spiro atoms. The second-order valence-electron chi connectivity index (χ2n) is 3.40. The highest BCUT2D eigenvalue weighted by Gasteiger charge is 2.08. The standard InChI is InChI=1S/C11H10BrN5O/c12-7-2-1-3-8(4-7)16-11(18)9-5-15-10(17-13)6-14-9/h1-6H,13H2,(H,15,17)(H,16,18). The third-order valence-corrected chi connectivity index (χ3v) is 2.61. The molecular weight excluding hydrogens is 298 g/mol. The largest absolute Gasteiger partial charge is 0.321 e. The zero-order chi connectivity index (χ0) is 13.0. The number of aromatic nitrogens is 2. The summed E-state index contributed by atoms with van der Waals surface area (Å²) in [7, 11) is 0. The van der Waals surface area contributed by atoms with Gasteiger partial charge in [0, 0.05) is 10.2 Å². The van der Waals surface area contributed by atoms with Crippen molar-refractivity contribution < 1.29 is 4.79 Å². The highest BCUT2D eigenvalue weighted by molar-refractivity contribution is 9.10. The summed E-state index contributed by atoms with van der Waals surface area (Å²) in [4.78, 5) is 19.7. The van der Waals surface area contributed by atoms with Crippen molar-refractivity contribution in [2.75, 3.05) is 10.7 Å². The maximum Gasteiger partial charge on any atom is 0.275 e. The van der Waals surface area contributed by atoms with E-state index in [0.29, 0.717) is 11.5 Å². The van der Waals surface area contributed by atoms with Crippen molar-refractivity contribution in [2.24, 2.45) is 5.84 Å². The minimum absolute atomic E-state index is 0.217. The van der Waals surface area contributed by atoms with Crippen molar-refractivity contribution in [3.63, 3.8) is 0 Å². The Labute approximate surface area is 112 Å². The summed E-state index contributed by atoms with van der Waals surface area (Å²) >= 11 is 3.33. The van der Waals surface area contributed by atoms with Crippen LogP contribution in [-0.2, 0) is 0 Å². The summed E-state index contributed by atoms with van der Waals surface area (Å²) in [6, 6.07) is 7.27. The van der Waals surface area contributed by atoms with Crippen LogP contribution in [0.2, 0.25) is 0 Å². The molecule has 2 aromatic rings. The number of amides is 1. The molecule has 0 aliphatic rings. The fraction of sp³-hybridized carbons (Fsp3) is 0. The van der Waals surface area contributed by atoms with Crippen LogP contribution in [-0.4, -0.2) is 15.9 Å². The fourth-order valence-electron chi connectivity index (χ4n) is 1.28. The van der Waals surface area contributed by atoms with E-state index in [2.05, 4.69) is 36.6 Å². The Balaban J connectivity index is 2.11. The highest BCUT2D eigenvalue weighted by atomic mass is 79.9. The first-order valence-corrected chi connectivity index (χ1v) is 5.84. The molecule has 0 aliphatic carbocycles. The van der Waals surface area contributed by atoms with Crippen LogP contribution < -0.4 is 16.6 Å². The number of nitrogens with one attached hydrogen (secondary N) is 2. The second-order valence-corrected chi connectivity index (χ2v) is 4.31. The van der Waals surface area contributed by atoms with E-state index in [4.69, 9.17) is 5.84 Å². The van der Waals surface area contributed by atoms with Gasteiger partial charge in [0.05, 0.1) is 12.4 Å². The maximum atomic E-state index is 11.8. The molecule has 1 aromatic heterocycles. The van der Waals surface area contributed by atoms with Crippen molar-refractivity contribution in [3.05, 3.63) is 46.8 Å². The Morgan fingerprint density at radius 3 is 2.72 bits per heavy atom. The summed E-state index contributed by atoms with van der Waals surface area (Å²) in [6.07, 6.45) is 2.73. The molecule has 0 fully saturated rings. The summed E-state index contributed by atoms with van der Waals surface area (Å²) in [5.41, 5.74) is 3.23. The number of hydrogen-bond acceptors (Lipinski definition) is 5. The number of carbonyl (C=O) groups excluding carboxylic acids is 1. The Morgan fingerprint density at radius 2 is 2.11 bits per heavy atom. The number of hydrazine groups is 1. The molecule has 1 amide bonds. The molecule has 0 radical (unpaired) electrons. The lowest BCUT2D eigenvalue weighted by molar-refractivity contribution is 0.102. The second kappa shape index (κ2) is 5.56. The molecule has 0 saturated heterocycles. The summed E-state index contributed by atoms with van der Waals surface area (Å²) < 4.78 is 0.883. The van der Waals surface area contributed by atoms with Crippen LogP contribution in [0.3, 0.4) is 0 Å². The van der Waals surface area contributed by atoms with E-state index >= 15 is 0 Å². The van der Waals surface area contributed by atoms with Gasteiger partial charge in [-0.05, 0) is 18.2 Å². The van der Waals surface area contributed by atoms with Crippen LogP contribution in [0, 0.1) is 0 Å². The Hall–Kier alpha value is -1.99. The Morgan fingerprint density at radius 1 is 1.28 bits per heavy atom. The molecule has 0 atom stereocenters. The minimum Gasteiger partial charge on any atom is -0.321 e. The number of rotatable bonds is 3. The van der Waals surface area contributed by atoms with Gasteiger partial charge in [0.1, 0.15) is 5.69 Å². The SMILES string of the molecule is NNc1cnc(C(=O)Nc2cccc(Br)c2)cn1. The first-order chi connectivity index (χ1) is 8.69. The van der Waals surface area contributed by atoms with Crippen LogP contribution >= 0.6 is 15.9 Å². The van der Waals surface area contributed by atoms with Gasteiger partial charge in [-0.25, -0.2) is 15.8 Å². The minimum atomic E-state index is -0.329. The Bertz CT molecular complexity index is 558. The Kier molecular flexibility index (Phi) is 3.85. The molecule has 1 heterocycles. The summed E-state index contributed by atoms with van der Waals surface area (Å²) in [5.74, 6) is 5.23. The van der Waals surface area contributed by atoms with Gasteiger partial charge < -0.3 is 10.7 Å².